The van der Waals surface area contributed by atoms with E-state index in [9.17, 15) is 18.0 Å². The number of benzene rings is 2. The summed E-state index contributed by atoms with van der Waals surface area (Å²) in [5.41, 5.74) is 3.92. The molecule has 36 heavy (non-hydrogen) atoms. The molecule has 2 aromatic carbocycles. The summed E-state index contributed by atoms with van der Waals surface area (Å²) in [5.74, 6) is -0.810. The molecule has 0 amide bonds. The number of halogens is 5. The van der Waals surface area contributed by atoms with E-state index in [-0.39, 0.29) is 18.1 Å². The van der Waals surface area contributed by atoms with Crippen LogP contribution in [0.1, 0.15) is 41.5 Å². The summed E-state index contributed by atoms with van der Waals surface area (Å²) in [6, 6.07) is 6.49. The number of fused-ring (bicyclic) bond motifs is 1. The van der Waals surface area contributed by atoms with E-state index in [1.165, 1.54) is 12.1 Å². The van der Waals surface area contributed by atoms with Gasteiger partial charge in [0.25, 0.3) is 0 Å². The van der Waals surface area contributed by atoms with E-state index in [1.54, 1.807) is 6.92 Å². The quantitative estimate of drug-likeness (QED) is 0.343. The van der Waals surface area contributed by atoms with E-state index in [1.807, 2.05) is 29.8 Å². The van der Waals surface area contributed by atoms with Gasteiger partial charge < -0.3 is 14.4 Å². The van der Waals surface area contributed by atoms with E-state index in [0.29, 0.717) is 34.1 Å². The molecule has 3 aromatic rings. The van der Waals surface area contributed by atoms with Crippen LogP contribution < -0.4 is 4.74 Å². The van der Waals surface area contributed by atoms with Crippen molar-refractivity contribution in [1.29, 1.82) is 0 Å². The molecular formula is C26H27Cl2F3N2O3. The highest BCUT2D eigenvalue weighted by Gasteiger charge is 2.31. The average Bonchev–Trinajstić information content (AvgIpc) is 3.08. The number of carbonyl (C=O) groups is 1. The molecule has 5 nitrogen and oxygen atoms in total. The first-order valence-corrected chi connectivity index (χ1v) is 12.4. The molecule has 0 bridgehead atoms. The molecule has 0 atom stereocenters. The van der Waals surface area contributed by atoms with Crippen molar-refractivity contribution < 1.29 is 27.8 Å². The van der Waals surface area contributed by atoms with Gasteiger partial charge in [0, 0.05) is 35.1 Å². The van der Waals surface area contributed by atoms with Crippen LogP contribution in [0.15, 0.2) is 30.5 Å². The molecule has 0 saturated carbocycles. The standard InChI is InChI=1S/C26H27Cl2F3N2O3/c1-15-9-19(36-26(29,30)31)11-20-16(2)12-33(25(15)20)14-21-22(27)4-3-18(24(21)28)13-32-7-5-17(6-8-32)10-23(34)35/h3-4,9,11-12,17H,5-8,10,13-14H2,1-2H3,(H,34,35). The fourth-order valence-corrected chi connectivity index (χ4v) is 5.58. The topological polar surface area (TPSA) is 54.7 Å². The van der Waals surface area contributed by atoms with E-state index >= 15 is 0 Å². The highest BCUT2D eigenvalue weighted by molar-refractivity contribution is 6.36. The molecule has 194 valence electrons. The van der Waals surface area contributed by atoms with Gasteiger partial charge in [-0.1, -0.05) is 29.3 Å². The molecule has 1 saturated heterocycles. The molecule has 10 heteroatoms. The van der Waals surface area contributed by atoms with Crippen molar-refractivity contribution in [3.63, 3.8) is 0 Å². The second-order valence-electron chi connectivity index (χ2n) is 9.44. The SMILES string of the molecule is Cc1cn(Cc2c(Cl)ccc(CN3CCC(CC(=O)O)CC3)c2Cl)c2c(C)cc(OC(F)(F)F)cc12. The van der Waals surface area contributed by atoms with Crippen molar-refractivity contribution in [2.45, 2.75) is 52.6 Å². The highest BCUT2D eigenvalue weighted by atomic mass is 35.5. The van der Waals surface area contributed by atoms with Gasteiger partial charge in [-0.25, -0.2) is 0 Å². The Morgan fingerprint density at radius 3 is 2.44 bits per heavy atom. The predicted octanol–water partition coefficient (Wildman–Crippen LogP) is 7.20. The Kier molecular flexibility index (Phi) is 7.78. The van der Waals surface area contributed by atoms with E-state index in [4.69, 9.17) is 28.3 Å². The maximum atomic E-state index is 12.7. The molecule has 0 spiro atoms. The lowest BCUT2D eigenvalue weighted by atomic mass is 9.93. The number of alkyl halides is 3. The molecule has 1 aliphatic heterocycles. The van der Waals surface area contributed by atoms with Gasteiger partial charge in [-0.3, -0.25) is 9.69 Å². The Labute approximate surface area is 217 Å². The average molecular weight is 543 g/mol. The highest BCUT2D eigenvalue weighted by Crippen LogP contribution is 2.35. The second kappa shape index (κ2) is 10.5. The van der Waals surface area contributed by atoms with Gasteiger partial charge >= 0.3 is 12.3 Å². The zero-order chi connectivity index (χ0) is 26.2. The second-order valence-corrected chi connectivity index (χ2v) is 10.2. The lowest BCUT2D eigenvalue weighted by molar-refractivity contribution is -0.274. The number of ether oxygens (including phenoxy) is 1. The van der Waals surface area contributed by atoms with E-state index < -0.39 is 12.3 Å². The summed E-state index contributed by atoms with van der Waals surface area (Å²) in [7, 11) is 0. The van der Waals surface area contributed by atoms with E-state index in [0.717, 1.165) is 48.1 Å². The van der Waals surface area contributed by atoms with Crippen molar-refractivity contribution in [2.75, 3.05) is 13.1 Å². The van der Waals surface area contributed by atoms with Crippen LogP contribution in [0.3, 0.4) is 0 Å². The normalized spacial score (nSPS) is 15.5. The minimum absolute atomic E-state index is 0.200. The number of aromatic nitrogens is 1. The van der Waals surface area contributed by atoms with Crippen molar-refractivity contribution in [3.8, 4) is 5.75 Å². The zero-order valence-corrected chi connectivity index (χ0v) is 21.5. The summed E-state index contributed by atoms with van der Waals surface area (Å²) in [6.45, 7) is 6.17. The number of carboxylic acid groups (broad SMARTS) is 1. The Hall–Kier alpha value is -2.42. The maximum Gasteiger partial charge on any atom is 0.573 e. The number of carboxylic acids is 1. The van der Waals surface area contributed by atoms with Crippen molar-refractivity contribution in [1.82, 2.24) is 9.47 Å². The number of piperidine rings is 1. The number of nitrogens with zero attached hydrogens (tertiary/aromatic N) is 2. The molecule has 0 unspecified atom stereocenters. The molecule has 1 aromatic heterocycles. The van der Waals surface area contributed by atoms with Gasteiger partial charge in [-0.15, -0.1) is 13.2 Å². The molecule has 4 rings (SSSR count). The van der Waals surface area contributed by atoms with Gasteiger partial charge in [0.15, 0.2) is 0 Å². The molecule has 1 aliphatic rings. The minimum atomic E-state index is -4.76. The summed E-state index contributed by atoms with van der Waals surface area (Å²) < 4.78 is 44.3. The number of likely N-dealkylation sites (tertiary alicyclic amines) is 1. The number of hydrogen-bond acceptors (Lipinski definition) is 3. The van der Waals surface area contributed by atoms with Crippen molar-refractivity contribution in [3.05, 3.63) is 62.8 Å². The van der Waals surface area contributed by atoms with Crippen molar-refractivity contribution in [2.24, 2.45) is 5.92 Å². The van der Waals surface area contributed by atoms with Gasteiger partial charge in [0.2, 0.25) is 0 Å². The van der Waals surface area contributed by atoms with Crippen LogP contribution in [-0.2, 0) is 17.9 Å². The Bertz CT molecular complexity index is 1280. The van der Waals surface area contributed by atoms with Gasteiger partial charge in [0.1, 0.15) is 5.75 Å². The van der Waals surface area contributed by atoms with Crippen LogP contribution in [0.4, 0.5) is 13.2 Å². The summed E-state index contributed by atoms with van der Waals surface area (Å²) in [6.07, 6.45) is -1.02. The summed E-state index contributed by atoms with van der Waals surface area (Å²) in [5, 5.41) is 10.8. The zero-order valence-electron chi connectivity index (χ0n) is 20.0. The summed E-state index contributed by atoms with van der Waals surface area (Å²) >= 11 is 13.4. The predicted molar refractivity (Wildman–Crippen MR) is 134 cm³/mol. The maximum absolute atomic E-state index is 12.7. The first kappa shape index (κ1) is 26.6. The van der Waals surface area contributed by atoms with Crippen LogP contribution in [0, 0.1) is 19.8 Å². The van der Waals surface area contributed by atoms with Crippen LogP contribution in [-0.4, -0.2) is 40.0 Å². The monoisotopic (exact) mass is 542 g/mol. The van der Waals surface area contributed by atoms with Crippen LogP contribution in [0.2, 0.25) is 10.0 Å². The fourth-order valence-electron chi connectivity index (χ4n) is 5.03. The number of aryl methyl sites for hydroxylation is 2. The third kappa shape index (κ3) is 6.10. The molecule has 0 aliphatic carbocycles. The first-order valence-electron chi connectivity index (χ1n) is 11.7. The molecule has 2 heterocycles. The molecule has 1 fully saturated rings. The Morgan fingerprint density at radius 1 is 1.11 bits per heavy atom. The molecule has 1 N–H and O–H groups in total. The van der Waals surface area contributed by atoms with Crippen molar-refractivity contribution >= 4 is 40.1 Å². The lowest BCUT2D eigenvalue weighted by Crippen LogP contribution is -2.34. The van der Waals surface area contributed by atoms with Gasteiger partial charge in [-0.05, 0) is 80.6 Å². The Morgan fingerprint density at radius 2 is 1.81 bits per heavy atom. The van der Waals surface area contributed by atoms with E-state index in [2.05, 4.69) is 9.64 Å². The number of aliphatic carboxylic acids is 1. The largest absolute Gasteiger partial charge is 0.573 e. The van der Waals surface area contributed by atoms with Gasteiger partial charge in [-0.2, -0.15) is 0 Å². The number of rotatable bonds is 7. The third-order valence-electron chi connectivity index (χ3n) is 6.73. The number of hydrogen-bond donors (Lipinski definition) is 1. The van der Waals surface area contributed by atoms with Gasteiger partial charge in [0.05, 0.1) is 17.1 Å². The lowest BCUT2D eigenvalue weighted by Gasteiger charge is -2.31. The minimum Gasteiger partial charge on any atom is -0.481 e. The van der Waals surface area contributed by atoms with Crippen LogP contribution in [0.5, 0.6) is 5.75 Å². The smallest absolute Gasteiger partial charge is 0.481 e. The summed E-state index contributed by atoms with van der Waals surface area (Å²) in [4.78, 5) is 13.2. The third-order valence-corrected chi connectivity index (χ3v) is 7.55. The Balaban J connectivity index is 1.57. The fraction of sp³-hybridized carbons (Fsp3) is 0.423. The van der Waals surface area contributed by atoms with Crippen LogP contribution in [0.25, 0.3) is 10.9 Å². The first-order chi connectivity index (χ1) is 16.9. The molecule has 0 radical (unpaired) electrons. The molecular weight excluding hydrogens is 516 g/mol. The van der Waals surface area contributed by atoms with Crippen LogP contribution >= 0.6 is 23.2 Å².